The van der Waals surface area contributed by atoms with E-state index in [0.717, 1.165) is 49.0 Å². The molecule has 1 N–H and O–H groups in total. The van der Waals surface area contributed by atoms with Crippen LogP contribution >= 0.6 is 0 Å². The van der Waals surface area contributed by atoms with Crippen LogP contribution in [0.4, 0.5) is 0 Å². The second-order valence-electron chi connectivity index (χ2n) is 11.1. The van der Waals surface area contributed by atoms with Crippen molar-refractivity contribution < 1.29 is 4.79 Å². The standard InChI is InChI=1S/C36H33N3O/c40-36(35-32-15-6-4-13-30(32)31-14-5-7-16-33(31)35)39-21-19-27(23-28(39)22-25-10-2-1-3-11-25)38-24-26-18-20-37-34-17-9-8-12-29(26)34/h1-18,20,27-28,35,38H,19,21-24H2/t27-,28+/m0/s1. The molecule has 198 valence electrons. The number of aromatic nitrogens is 1. The largest absolute Gasteiger partial charge is 0.338 e. The predicted octanol–water partition coefficient (Wildman–Crippen LogP) is 6.74. The van der Waals surface area contributed by atoms with Crippen molar-refractivity contribution in [1.29, 1.82) is 0 Å². The Morgan fingerprint density at radius 2 is 1.48 bits per heavy atom. The average Bonchev–Trinajstić information content (AvgIpc) is 3.35. The molecule has 2 heterocycles. The molecule has 0 spiro atoms. The number of rotatable bonds is 6. The lowest BCUT2D eigenvalue weighted by Gasteiger charge is -2.41. The minimum atomic E-state index is -0.238. The summed E-state index contributed by atoms with van der Waals surface area (Å²) in [6.07, 6.45) is 4.63. The van der Waals surface area contributed by atoms with E-state index in [4.69, 9.17) is 0 Å². The average molecular weight is 524 g/mol. The molecule has 1 fully saturated rings. The first-order chi connectivity index (χ1) is 19.8. The molecule has 2 aliphatic rings. The molecule has 1 saturated heterocycles. The molecule has 0 bridgehead atoms. The topological polar surface area (TPSA) is 45.2 Å². The lowest BCUT2D eigenvalue weighted by atomic mass is 9.88. The molecule has 5 aromatic rings. The van der Waals surface area contributed by atoms with Gasteiger partial charge in [-0.3, -0.25) is 9.78 Å². The first kappa shape index (κ1) is 24.7. The van der Waals surface area contributed by atoms with Gasteiger partial charge in [-0.2, -0.15) is 0 Å². The van der Waals surface area contributed by atoms with Crippen LogP contribution < -0.4 is 5.32 Å². The van der Waals surface area contributed by atoms with Crippen LogP contribution in [-0.4, -0.2) is 34.4 Å². The van der Waals surface area contributed by atoms with E-state index >= 15 is 0 Å². The fourth-order valence-corrected chi connectivity index (χ4v) is 6.76. The quantitative estimate of drug-likeness (QED) is 0.268. The normalized spacial score (nSPS) is 18.4. The molecule has 1 amide bonds. The van der Waals surface area contributed by atoms with E-state index in [1.807, 2.05) is 12.3 Å². The molecule has 0 unspecified atom stereocenters. The van der Waals surface area contributed by atoms with Crippen molar-refractivity contribution in [1.82, 2.24) is 15.2 Å². The molecule has 4 heteroatoms. The SMILES string of the molecule is O=C(C1c2ccccc2-c2ccccc21)N1CC[C@H](NCc2ccnc3ccccc23)C[C@H]1Cc1ccccc1. The molecule has 0 saturated carbocycles. The highest BCUT2D eigenvalue weighted by Crippen LogP contribution is 2.46. The van der Waals surface area contributed by atoms with Gasteiger partial charge in [-0.25, -0.2) is 0 Å². The van der Waals surface area contributed by atoms with Gasteiger partial charge in [-0.05, 0) is 64.8 Å². The number of likely N-dealkylation sites (tertiary alicyclic amines) is 1. The molecule has 40 heavy (non-hydrogen) atoms. The summed E-state index contributed by atoms with van der Waals surface area (Å²) in [5.41, 5.74) is 8.23. The fourth-order valence-electron chi connectivity index (χ4n) is 6.76. The maximum atomic E-state index is 14.5. The smallest absolute Gasteiger partial charge is 0.234 e. The molecule has 7 rings (SSSR count). The highest BCUT2D eigenvalue weighted by molar-refractivity contribution is 5.96. The Kier molecular flexibility index (Phi) is 6.62. The van der Waals surface area contributed by atoms with E-state index in [-0.39, 0.29) is 17.9 Å². The Balaban J connectivity index is 1.15. The summed E-state index contributed by atoms with van der Waals surface area (Å²) < 4.78 is 0. The van der Waals surface area contributed by atoms with Crippen molar-refractivity contribution in [2.75, 3.05) is 6.54 Å². The monoisotopic (exact) mass is 523 g/mol. The zero-order valence-electron chi connectivity index (χ0n) is 22.5. The third kappa shape index (κ3) is 4.59. The summed E-state index contributed by atoms with van der Waals surface area (Å²) in [6, 6.07) is 38.4. The molecule has 1 aliphatic carbocycles. The van der Waals surface area contributed by atoms with Crippen molar-refractivity contribution in [2.24, 2.45) is 0 Å². The first-order valence-corrected chi connectivity index (χ1v) is 14.3. The number of amides is 1. The van der Waals surface area contributed by atoms with Gasteiger partial charge in [0.2, 0.25) is 5.91 Å². The fraction of sp³-hybridized carbons (Fsp3) is 0.222. The van der Waals surface area contributed by atoms with E-state index in [1.165, 1.54) is 27.6 Å². The van der Waals surface area contributed by atoms with Gasteiger partial charge in [0.25, 0.3) is 0 Å². The van der Waals surface area contributed by atoms with Crippen molar-refractivity contribution in [2.45, 2.75) is 43.8 Å². The van der Waals surface area contributed by atoms with Crippen LogP contribution in [0.25, 0.3) is 22.0 Å². The lowest BCUT2D eigenvalue weighted by Crippen LogP contribution is -2.52. The van der Waals surface area contributed by atoms with E-state index in [2.05, 4.69) is 118 Å². The molecule has 4 aromatic carbocycles. The second kappa shape index (κ2) is 10.7. The highest BCUT2D eigenvalue weighted by Gasteiger charge is 2.40. The Morgan fingerprint density at radius 3 is 2.25 bits per heavy atom. The van der Waals surface area contributed by atoms with E-state index in [9.17, 15) is 4.79 Å². The molecule has 0 radical (unpaired) electrons. The first-order valence-electron chi connectivity index (χ1n) is 14.3. The van der Waals surface area contributed by atoms with E-state index < -0.39 is 0 Å². The van der Waals surface area contributed by atoms with Gasteiger partial charge in [0.1, 0.15) is 0 Å². The zero-order chi connectivity index (χ0) is 26.9. The number of pyridine rings is 1. The van der Waals surface area contributed by atoms with Crippen LogP contribution in [0, 0.1) is 0 Å². The molecule has 1 aliphatic heterocycles. The predicted molar refractivity (Wildman–Crippen MR) is 161 cm³/mol. The van der Waals surface area contributed by atoms with Gasteiger partial charge in [0.15, 0.2) is 0 Å². The number of benzene rings is 4. The third-order valence-electron chi connectivity index (χ3n) is 8.71. The molecule has 2 atom stereocenters. The number of piperidine rings is 1. The van der Waals surface area contributed by atoms with Crippen molar-refractivity contribution >= 4 is 16.8 Å². The summed E-state index contributed by atoms with van der Waals surface area (Å²) >= 11 is 0. The van der Waals surface area contributed by atoms with Crippen molar-refractivity contribution in [3.8, 4) is 11.1 Å². The van der Waals surface area contributed by atoms with Crippen LogP contribution in [-0.2, 0) is 17.8 Å². The van der Waals surface area contributed by atoms with Gasteiger partial charge in [-0.1, -0.05) is 97.1 Å². The number of nitrogens with zero attached hydrogens (tertiary/aromatic N) is 2. The van der Waals surface area contributed by atoms with Crippen LogP contribution in [0.15, 0.2) is 115 Å². The van der Waals surface area contributed by atoms with Crippen LogP contribution in [0.1, 0.15) is 41.0 Å². The number of nitrogens with one attached hydrogen (secondary N) is 1. The number of carbonyl (C=O) groups is 1. The minimum Gasteiger partial charge on any atom is -0.338 e. The second-order valence-corrected chi connectivity index (χ2v) is 11.1. The Labute approximate surface area is 235 Å². The summed E-state index contributed by atoms with van der Waals surface area (Å²) in [6.45, 7) is 1.55. The third-order valence-corrected chi connectivity index (χ3v) is 8.71. The van der Waals surface area contributed by atoms with Crippen molar-refractivity contribution in [3.05, 3.63) is 138 Å². The van der Waals surface area contributed by atoms with Gasteiger partial charge in [-0.15, -0.1) is 0 Å². The van der Waals surface area contributed by atoms with Gasteiger partial charge >= 0.3 is 0 Å². The van der Waals surface area contributed by atoms with Gasteiger partial charge < -0.3 is 10.2 Å². The number of hydrogen-bond donors (Lipinski definition) is 1. The van der Waals surface area contributed by atoms with Crippen LogP contribution in [0.5, 0.6) is 0 Å². The van der Waals surface area contributed by atoms with Crippen LogP contribution in [0.3, 0.4) is 0 Å². The Bertz CT molecular complexity index is 1610. The van der Waals surface area contributed by atoms with Gasteiger partial charge in [0, 0.05) is 36.8 Å². The summed E-state index contributed by atoms with van der Waals surface area (Å²) in [5, 5.41) is 5.04. The summed E-state index contributed by atoms with van der Waals surface area (Å²) in [4.78, 5) is 21.2. The zero-order valence-corrected chi connectivity index (χ0v) is 22.5. The maximum Gasteiger partial charge on any atom is 0.234 e. The van der Waals surface area contributed by atoms with Crippen molar-refractivity contribution in [3.63, 3.8) is 0 Å². The number of para-hydroxylation sites is 1. The lowest BCUT2D eigenvalue weighted by molar-refractivity contribution is -0.135. The molecule has 4 nitrogen and oxygen atoms in total. The number of fused-ring (bicyclic) bond motifs is 4. The Hall–Kier alpha value is -4.28. The maximum absolute atomic E-state index is 14.5. The molecular weight excluding hydrogens is 490 g/mol. The van der Waals surface area contributed by atoms with E-state index in [0.29, 0.717) is 6.04 Å². The van der Waals surface area contributed by atoms with Gasteiger partial charge in [0.05, 0.1) is 11.4 Å². The van der Waals surface area contributed by atoms with Crippen LogP contribution in [0.2, 0.25) is 0 Å². The number of carbonyl (C=O) groups excluding carboxylic acids is 1. The Morgan fingerprint density at radius 1 is 0.800 bits per heavy atom. The summed E-state index contributed by atoms with van der Waals surface area (Å²) in [7, 11) is 0. The number of hydrogen-bond acceptors (Lipinski definition) is 3. The summed E-state index contributed by atoms with van der Waals surface area (Å²) in [5.74, 6) is -0.00438. The molecular formula is C36H33N3O. The molecule has 1 aromatic heterocycles. The minimum absolute atomic E-state index is 0.134. The highest BCUT2D eigenvalue weighted by atomic mass is 16.2. The van der Waals surface area contributed by atoms with E-state index in [1.54, 1.807) is 0 Å².